The molecule has 0 saturated heterocycles. The summed E-state index contributed by atoms with van der Waals surface area (Å²) in [5.41, 5.74) is 0.455. The van der Waals surface area contributed by atoms with Gasteiger partial charge in [0, 0.05) is 18.7 Å². The summed E-state index contributed by atoms with van der Waals surface area (Å²) in [5, 5.41) is 10.8. The van der Waals surface area contributed by atoms with Crippen LogP contribution in [0, 0.1) is 10.1 Å². The number of nitrogens with one attached hydrogen (secondary N) is 1. The van der Waals surface area contributed by atoms with Crippen LogP contribution < -0.4 is 9.46 Å². The number of ether oxygens (including phenoxy) is 1. The Hall–Kier alpha value is -2.45. The molecule has 1 N–H and O–H groups in total. The number of benzene rings is 2. The van der Waals surface area contributed by atoms with Gasteiger partial charge in [-0.25, -0.2) is 13.1 Å². The second kappa shape index (κ2) is 6.54. The fraction of sp³-hybridized carbons (Fsp3) is 0.143. The fourth-order valence-electron chi connectivity index (χ4n) is 1.84. The van der Waals surface area contributed by atoms with E-state index in [1.54, 1.807) is 24.3 Å². The van der Waals surface area contributed by atoms with E-state index in [2.05, 4.69) is 4.72 Å². The Balaban J connectivity index is 2.31. The third-order valence-electron chi connectivity index (χ3n) is 2.96. The molecule has 2 aromatic rings. The molecule has 0 heterocycles. The Morgan fingerprint density at radius 1 is 1.18 bits per heavy atom. The summed E-state index contributed by atoms with van der Waals surface area (Å²) in [5.74, 6) is 0.0474. The van der Waals surface area contributed by atoms with E-state index in [9.17, 15) is 18.5 Å². The lowest BCUT2D eigenvalue weighted by atomic mass is 10.2. The molecule has 0 atom stereocenters. The van der Waals surface area contributed by atoms with Crippen molar-refractivity contribution in [3.63, 3.8) is 0 Å². The number of nitro benzene ring substituents is 1. The minimum atomic E-state index is -3.94. The lowest BCUT2D eigenvalue weighted by Crippen LogP contribution is -2.23. The van der Waals surface area contributed by atoms with Crippen molar-refractivity contribution in [2.45, 2.75) is 11.4 Å². The molecule has 0 bridgehead atoms. The maximum absolute atomic E-state index is 12.3. The maximum atomic E-state index is 12.3. The van der Waals surface area contributed by atoms with E-state index in [4.69, 9.17) is 4.74 Å². The first-order valence-corrected chi connectivity index (χ1v) is 7.78. The van der Waals surface area contributed by atoms with Crippen LogP contribution in [-0.4, -0.2) is 20.5 Å². The molecular formula is C14H14N2O5S. The third kappa shape index (κ3) is 3.60. The predicted molar refractivity (Wildman–Crippen MR) is 80.1 cm³/mol. The normalized spacial score (nSPS) is 11.1. The Morgan fingerprint density at radius 3 is 2.45 bits per heavy atom. The maximum Gasteiger partial charge on any atom is 0.271 e. The number of sulfonamides is 1. The highest BCUT2D eigenvalue weighted by molar-refractivity contribution is 7.89. The topological polar surface area (TPSA) is 98.5 Å². The fourth-order valence-corrected chi connectivity index (χ4v) is 3.05. The predicted octanol–water partition coefficient (Wildman–Crippen LogP) is 2.08. The molecular weight excluding hydrogens is 308 g/mol. The second-order valence-corrected chi connectivity index (χ2v) is 6.14. The molecule has 116 valence electrons. The van der Waals surface area contributed by atoms with E-state index < -0.39 is 14.9 Å². The molecule has 0 spiro atoms. The Bertz CT molecular complexity index is 775. The van der Waals surface area contributed by atoms with E-state index >= 15 is 0 Å². The smallest absolute Gasteiger partial charge is 0.271 e. The average Bonchev–Trinajstić information content (AvgIpc) is 2.53. The first-order chi connectivity index (χ1) is 10.4. The number of hydrogen-bond acceptors (Lipinski definition) is 5. The van der Waals surface area contributed by atoms with Crippen molar-refractivity contribution in [3.8, 4) is 5.75 Å². The van der Waals surface area contributed by atoms with E-state index in [0.29, 0.717) is 0 Å². The van der Waals surface area contributed by atoms with E-state index in [0.717, 1.165) is 11.6 Å². The van der Waals surface area contributed by atoms with Crippen molar-refractivity contribution in [1.29, 1.82) is 0 Å². The zero-order valence-electron chi connectivity index (χ0n) is 11.7. The highest BCUT2D eigenvalue weighted by Gasteiger charge is 2.22. The van der Waals surface area contributed by atoms with Crippen molar-refractivity contribution in [2.75, 3.05) is 7.11 Å². The van der Waals surface area contributed by atoms with Crippen molar-refractivity contribution in [2.24, 2.45) is 0 Å². The molecule has 0 aromatic heterocycles. The Labute approximate surface area is 127 Å². The van der Waals surface area contributed by atoms with Crippen molar-refractivity contribution in [1.82, 2.24) is 4.72 Å². The summed E-state index contributed by atoms with van der Waals surface area (Å²) >= 11 is 0. The summed E-state index contributed by atoms with van der Waals surface area (Å²) in [6.07, 6.45) is 0. The van der Waals surface area contributed by atoms with Gasteiger partial charge in [-0.3, -0.25) is 10.1 Å². The van der Waals surface area contributed by atoms with Crippen LogP contribution in [0.5, 0.6) is 5.75 Å². The highest BCUT2D eigenvalue weighted by atomic mass is 32.2. The van der Waals surface area contributed by atoms with Crippen LogP contribution in [0.4, 0.5) is 5.69 Å². The standard InChI is InChI=1S/C14H14N2O5S/c1-21-13-8-7-12(16(17)18)9-14(13)22(19,20)15-10-11-5-3-2-4-6-11/h2-9,15H,10H2,1H3. The monoisotopic (exact) mass is 322 g/mol. The van der Waals surface area contributed by atoms with Gasteiger partial charge in [-0.05, 0) is 11.6 Å². The molecule has 7 nitrogen and oxygen atoms in total. The minimum absolute atomic E-state index is 0.0474. The quantitative estimate of drug-likeness (QED) is 0.648. The molecule has 2 aromatic carbocycles. The largest absolute Gasteiger partial charge is 0.495 e. The van der Waals surface area contributed by atoms with Gasteiger partial charge in [-0.1, -0.05) is 30.3 Å². The van der Waals surface area contributed by atoms with Crippen LogP contribution in [0.25, 0.3) is 0 Å². The number of methoxy groups -OCH3 is 1. The van der Waals surface area contributed by atoms with Crippen molar-refractivity contribution in [3.05, 3.63) is 64.2 Å². The summed E-state index contributed by atoms with van der Waals surface area (Å²) < 4.78 is 32.1. The van der Waals surface area contributed by atoms with Crippen LogP contribution in [-0.2, 0) is 16.6 Å². The molecule has 8 heteroatoms. The summed E-state index contributed by atoms with van der Waals surface area (Å²) in [6, 6.07) is 12.4. The first kappa shape index (κ1) is 15.9. The van der Waals surface area contributed by atoms with Crippen molar-refractivity contribution >= 4 is 15.7 Å². The van der Waals surface area contributed by atoms with E-state index in [1.807, 2.05) is 6.07 Å². The SMILES string of the molecule is COc1ccc([N+](=O)[O-])cc1S(=O)(=O)NCc1ccccc1. The molecule has 22 heavy (non-hydrogen) atoms. The summed E-state index contributed by atoms with van der Waals surface area (Å²) in [4.78, 5) is 9.89. The summed E-state index contributed by atoms with van der Waals surface area (Å²) in [6.45, 7) is 0.0784. The molecule has 0 fully saturated rings. The highest BCUT2D eigenvalue weighted by Crippen LogP contribution is 2.28. The number of rotatable bonds is 6. The Morgan fingerprint density at radius 2 is 1.86 bits per heavy atom. The number of nitro groups is 1. The minimum Gasteiger partial charge on any atom is -0.495 e. The van der Waals surface area contributed by atoms with Gasteiger partial charge in [0.15, 0.2) is 0 Å². The molecule has 0 aliphatic rings. The van der Waals surface area contributed by atoms with Crippen LogP contribution in [0.2, 0.25) is 0 Å². The van der Waals surface area contributed by atoms with Gasteiger partial charge in [0.2, 0.25) is 10.0 Å². The zero-order chi connectivity index (χ0) is 16.2. The van der Waals surface area contributed by atoms with Gasteiger partial charge in [0.25, 0.3) is 5.69 Å². The number of non-ortho nitro benzene ring substituents is 1. The van der Waals surface area contributed by atoms with Crippen LogP contribution >= 0.6 is 0 Å². The van der Waals surface area contributed by atoms with Gasteiger partial charge >= 0.3 is 0 Å². The number of nitrogens with zero attached hydrogens (tertiary/aromatic N) is 1. The molecule has 0 unspecified atom stereocenters. The molecule has 0 saturated carbocycles. The molecule has 0 aliphatic heterocycles. The molecule has 0 aliphatic carbocycles. The van der Waals surface area contributed by atoms with Gasteiger partial charge in [-0.15, -0.1) is 0 Å². The van der Waals surface area contributed by atoms with Crippen LogP contribution in [0.3, 0.4) is 0 Å². The first-order valence-electron chi connectivity index (χ1n) is 6.30. The lowest BCUT2D eigenvalue weighted by molar-refractivity contribution is -0.385. The van der Waals surface area contributed by atoms with E-state index in [1.165, 1.54) is 19.2 Å². The molecule has 2 rings (SSSR count). The molecule has 0 amide bonds. The Kier molecular flexibility index (Phi) is 4.74. The molecule has 0 radical (unpaired) electrons. The van der Waals surface area contributed by atoms with Gasteiger partial charge in [0.05, 0.1) is 12.0 Å². The second-order valence-electron chi connectivity index (χ2n) is 4.40. The lowest BCUT2D eigenvalue weighted by Gasteiger charge is -2.10. The van der Waals surface area contributed by atoms with Gasteiger partial charge < -0.3 is 4.74 Å². The number of hydrogen-bond donors (Lipinski definition) is 1. The zero-order valence-corrected chi connectivity index (χ0v) is 12.5. The van der Waals surface area contributed by atoms with Crippen LogP contribution in [0.15, 0.2) is 53.4 Å². The van der Waals surface area contributed by atoms with Gasteiger partial charge in [-0.2, -0.15) is 0 Å². The van der Waals surface area contributed by atoms with E-state index in [-0.39, 0.29) is 22.9 Å². The summed E-state index contributed by atoms with van der Waals surface area (Å²) in [7, 11) is -2.63. The van der Waals surface area contributed by atoms with Gasteiger partial charge in [0.1, 0.15) is 10.6 Å². The van der Waals surface area contributed by atoms with Crippen LogP contribution in [0.1, 0.15) is 5.56 Å². The average molecular weight is 322 g/mol. The van der Waals surface area contributed by atoms with Crippen molar-refractivity contribution < 1.29 is 18.1 Å². The third-order valence-corrected chi connectivity index (χ3v) is 4.38.